The van der Waals surface area contributed by atoms with E-state index in [0.29, 0.717) is 5.69 Å². The van der Waals surface area contributed by atoms with Crippen LogP contribution in [0.15, 0.2) is 59.1 Å². The van der Waals surface area contributed by atoms with Crippen LogP contribution >= 0.6 is 15.9 Å². The second kappa shape index (κ2) is 8.11. The Labute approximate surface area is 142 Å². The summed E-state index contributed by atoms with van der Waals surface area (Å²) in [5, 5.41) is 11.4. The van der Waals surface area contributed by atoms with E-state index in [4.69, 9.17) is 5.26 Å². The maximum atomic E-state index is 12.4. The van der Waals surface area contributed by atoms with Crippen molar-refractivity contribution >= 4 is 33.6 Å². The second-order valence-electron chi connectivity index (χ2n) is 4.74. The summed E-state index contributed by atoms with van der Waals surface area (Å²) in [7, 11) is 0. The molecule has 2 rings (SSSR count). The van der Waals surface area contributed by atoms with E-state index >= 15 is 0 Å². The number of hydrogen-bond acceptors (Lipinski definition) is 3. The van der Waals surface area contributed by atoms with Gasteiger partial charge in [-0.25, -0.2) is 4.79 Å². The Morgan fingerprint density at radius 2 is 1.87 bits per heavy atom. The number of carbonyl (C=O) groups excluding carboxylic acids is 2. The third-order valence-electron chi connectivity index (χ3n) is 3.04. The first-order valence-corrected chi connectivity index (χ1v) is 7.67. The highest BCUT2D eigenvalue weighted by Gasteiger charge is 2.21. The van der Waals surface area contributed by atoms with Gasteiger partial charge in [-0.2, -0.15) is 5.26 Å². The van der Waals surface area contributed by atoms with Gasteiger partial charge in [0, 0.05) is 10.2 Å². The Morgan fingerprint density at radius 1 is 1.13 bits per heavy atom. The Morgan fingerprint density at radius 3 is 2.52 bits per heavy atom. The largest absolute Gasteiger partial charge is 0.328 e. The molecule has 0 aliphatic heterocycles. The summed E-state index contributed by atoms with van der Waals surface area (Å²) in [5.74, 6) is -0.538. The molecule has 0 spiro atoms. The number of carbonyl (C=O) groups is 2. The van der Waals surface area contributed by atoms with E-state index in [0.717, 1.165) is 14.9 Å². The van der Waals surface area contributed by atoms with E-state index in [9.17, 15) is 9.59 Å². The molecule has 2 aromatic rings. The van der Waals surface area contributed by atoms with Crippen molar-refractivity contribution in [3.05, 3.63) is 64.6 Å². The van der Waals surface area contributed by atoms with Gasteiger partial charge in [0.1, 0.15) is 6.42 Å². The molecule has 0 aliphatic carbocycles. The fourth-order valence-electron chi connectivity index (χ4n) is 1.96. The number of halogens is 1. The van der Waals surface area contributed by atoms with Crippen LogP contribution < -0.4 is 5.32 Å². The van der Waals surface area contributed by atoms with Gasteiger partial charge in [-0.3, -0.25) is 9.69 Å². The van der Waals surface area contributed by atoms with E-state index in [1.807, 2.05) is 36.4 Å². The first-order valence-electron chi connectivity index (χ1n) is 6.88. The standard InChI is InChI=1S/C17H14BrN3O2/c18-14-7-4-8-15(11-14)20-17(23)21(16(22)9-10-19)12-13-5-2-1-3-6-13/h1-8,11H,9,12H2,(H,20,23). The zero-order valence-electron chi connectivity index (χ0n) is 12.2. The molecule has 0 saturated heterocycles. The second-order valence-corrected chi connectivity index (χ2v) is 5.66. The molecular weight excluding hydrogens is 358 g/mol. The summed E-state index contributed by atoms with van der Waals surface area (Å²) >= 11 is 3.32. The fourth-order valence-corrected chi connectivity index (χ4v) is 2.36. The van der Waals surface area contributed by atoms with Crippen molar-refractivity contribution in [3.63, 3.8) is 0 Å². The molecule has 0 atom stereocenters. The minimum absolute atomic E-state index is 0.112. The molecular formula is C17H14BrN3O2. The van der Waals surface area contributed by atoms with Crippen LogP contribution in [0.2, 0.25) is 0 Å². The van der Waals surface area contributed by atoms with Crippen molar-refractivity contribution in [2.24, 2.45) is 0 Å². The van der Waals surface area contributed by atoms with Gasteiger partial charge in [-0.1, -0.05) is 52.3 Å². The molecule has 0 aliphatic rings. The first-order chi connectivity index (χ1) is 11.1. The Bertz CT molecular complexity index is 741. The van der Waals surface area contributed by atoms with Crippen LogP contribution in [0, 0.1) is 11.3 Å². The number of hydrogen-bond donors (Lipinski definition) is 1. The van der Waals surface area contributed by atoms with E-state index in [1.54, 1.807) is 24.3 Å². The number of urea groups is 1. The highest BCUT2D eigenvalue weighted by Crippen LogP contribution is 2.17. The van der Waals surface area contributed by atoms with E-state index in [2.05, 4.69) is 21.2 Å². The molecule has 1 N–H and O–H groups in total. The van der Waals surface area contributed by atoms with Gasteiger partial charge in [0.05, 0.1) is 12.6 Å². The van der Waals surface area contributed by atoms with Gasteiger partial charge in [0.2, 0.25) is 5.91 Å². The van der Waals surface area contributed by atoms with Crippen molar-refractivity contribution in [2.75, 3.05) is 5.32 Å². The van der Waals surface area contributed by atoms with Gasteiger partial charge >= 0.3 is 6.03 Å². The molecule has 0 fully saturated rings. The molecule has 0 unspecified atom stereocenters. The third kappa shape index (κ3) is 4.94. The van der Waals surface area contributed by atoms with Gasteiger partial charge in [-0.05, 0) is 23.8 Å². The number of rotatable bonds is 4. The predicted molar refractivity (Wildman–Crippen MR) is 90.4 cm³/mol. The average Bonchev–Trinajstić information content (AvgIpc) is 2.53. The van der Waals surface area contributed by atoms with Crippen molar-refractivity contribution in [1.82, 2.24) is 4.90 Å². The molecule has 0 radical (unpaired) electrons. The normalized spacial score (nSPS) is 9.74. The lowest BCUT2D eigenvalue weighted by Crippen LogP contribution is -2.39. The average molecular weight is 372 g/mol. The number of imide groups is 1. The number of nitriles is 1. The number of nitrogens with one attached hydrogen (secondary N) is 1. The first kappa shape index (κ1) is 16.7. The molecule has 5 nitrogen and oxygen atoms in total. The molecule has 0 heterocycles. The van der Waals surface area contributed by atoms with Crippen LogP contribution in [-0.2, 0) is 11.3 Å². The van der Waals surface area contributed by atoms with Gasteiger partial charge in [0.25, 0.3) is 0 Å². The van der Waals surface area contributed by atoms with Crippen LogP contribution in [0.5, 0.6) is 0 Å². The highest BCUT2D eigenvalue weighted by molar-refractivity contribution is 9.10. The molecule has 0 bridgehead atoms. The minimum Gasteiger partial charge on any atom is -0.307 e. The van der Waals surface area contributed by atoms with E-state index in [1.165, 1.54) is 0 Å². The topological polar surface area (TPSA) is 73.2 Å². The van der Waals surface area contributed by atoms with Crippen molar-refractivity contribution in [1.29, 1.82) is 5.26 Å². The zero-order valence-corrected chi connectivity index (χ0v) is 13.8. The van der Waals surface area contributed by atoms with E-state index < -0.39 is 11.9 Å². The third-order valence-corrected chi connectivity index (χ3v) is 3.53. The quantitative estimate of drug-likeness (QED) is 0.884. The summed E-state index contributed by atoms with van der Waals surface area (Å²) in [6.07, 6.45) is -0.348. The molecule has 0 saturated carbocycles. The smallest absolute Gasteiger partial charge is 0.307 e. The number of benzene rings is 2. The van der Waals surface area contributed by atoms with Crippen molar-refractivity contribution in [3.8, 4) is 6.07 Å². The summed E-state index contributed by atoms with van der Waals surface area (Å²) in [5.41, 5.74) is 1.37. The number of nitrogens with zero attached hydrogens (tertiary/aromatic N) is 2. The molecule has 3 amide bonds. The zero-order chi connectivity index (χ0) is 16.7. The van der Waals surface area contributed by atoms with Crippen molar-refractivity contribution < 1.29 is 9.59 Å². The Kier molecular flexibility index (Phi) is 5.89. The van der Waals surface area contributed by atoms with Crippen LogP contribution in [0.4, 0.5) is 10.5 Å². The van der Waals surface area contributed by atoms with Crippen LogP contribution in [0.25, 0.3) is 0 Å². The lowest BCUT2D eigenvalue weighted by Gasteiger charge is -2.20. The molecule has 6 heteroatoms. The Balaban J connectivity index is 2.17. The molecule has 2 aromatic carbocycles. The molecule has 23 heavy (non-hydrogen) atoms. The van der Waals surface area contributed by atoms with Crippen LogP contribution in [0.3, 0.4) is 0 Å². The van der Waals surface area contributed by atoms with Crippen molar-refractivity contribution in [2.45, 2.75) is 13.0 Å². The van der Waals surface area contributed by atoms with Gasteiger partial charge in [-0.15, -0.1) is 0 Å². The SMILES string of the molecule is N#CCC(=O)N(Cc1ccccc1)C(=O)Nc1cccc(Br)c1. The minimum atomic E-state index is -0.563. The summed E-state index contributed by atoms with van der Waals surface area (Å²) < 4.78 is 0.813. The lowest BCUT2D eigenvalue weighted by molar-refractivity contribution is -0.127. The summed E-state index contributed by atoms with van der Waals surface area (Å²) in [4.78, 5) is 25.5. The van der Waals surface area contributed by atoms with Crippen LogP contribution in [-0.4, -0.2) is 16.8 Å². The lowest BCUT2D eigenvalue weighted by atomic mass is 10.2. The van der Waals surface area contributed by atoms with Crippen LogP contribution in [0.1, 0.15) is 12.0 Å². The summed E-state index contributed by atoms with van der Waals surface area (Å²) in [6, 6.07) is 17.4. The fraction of sp³-hybridized carbons (Fsp3) is 0.118. The Hall–Kier alpha value is -2.65. The number of anilines is 1. The maximum Gasteiger partial charge on any atom is 0.328 e. The van der Waals surface area contributed by atoms with Gasteiger partial charge < -0.3 is 5.32 Å². The maximum absolute atomic E-state index is 12.4. The monoisotopic (exact) mass is 371 g/mol. The molecule has 0 aromatic heterocycles. The predicted octanol–water partition coefficient (Wildman–Crippen LogP) is 3.92. The summed E-state index contributed by atoms with van der Waals surface area (Å²) in [6.45, 7) is 0.112. The van der Waals surface area contributed by atoms with E-state index in [-0.39, 0.29) is 13.0 Å². The highest BCUT2D eigenvalue weighted by atomic mass is 79.9. The molecule has 116 valence electrons. The van der Waals surface area contributed by atoms with Gasteiger partial charge in [0.15, 0.2) is 0 Å². The number of amides is 3.